The fourth-order valence-electron chi connectivity index (χ4n) is 4.00. The molecule has 1 aliphatic rings. The van der Waals surface area contributed by atoms with Crippen molar-refractivity contribution in [3.8, 4) is 0 Å². The highest BCUT2D eigenvalue weighted by molar-refractivity contribution is 7.92. The second-order valence-corrected chi connectivity index (χ2v) is 11.1. The molecule has 0 bridgehead atoms. The SMILES string of the molecule is O=S(=O)(c1ccc(Cl)cc1)C(c1cc(F)ccc1F)c1cc([NH+]([O-])CCN2CCOCC2)ncc1Cl. The Morgan fingerprint density at radius 2 is 1.75 bits per heavy atom. The maximum absolute atomic E-state index is 14.9. The van der Waals surface area contributed by atoms with E-state index >= 15 is 0 Å². The molecule has 192 valence electrons. The number of benzene rings is 2. The molecular formula is C24H23Cl2F2N3O4S. The van der Waals surface area contributed by atoms with Gasteiger partial charge in [0, 0.05) is 41.9 Å². The van der Waals surface area contributed by atoms with Gasteiger partial charge in [0.15, 0.2) is 9.84 Å². The van der Waals surface area contributed by atoms with Gasteiger partial charge in [0.05, 0.1) is 35.9 Å². The van der Waals surface area contributed by atoms with Crippen LogP contribution in [0.2, 0.25) is 10.0 Å². The number of nitrogens with one attached hydrogen (secondary N) is 1. The van der Waals surface area contributed by atoms with Crippen molar-refractivity contribution in [3.63, 3.8) is 0 Å². The Hall–Kier alpha value is -2.18. The van der Waals surface area contributed by atoms with E-state index in [2.05, 4.69) is 9.88 Å². The van der Waals surface area contributed by atoms with E-state index in [4.69, 9.17) is 27.9 Å². The van der Waals surface area contributed by atoms with Crippen LogP contribution in [0, 0.1) is 16.8 Å². The van der Waals surface area contributed by atoms with E-state index in [1.165, 1.54) is 30.3 Å². The fraction of sp³-hybridized carbons (Fsp3) is 0.292. The minimum Gasteiger partial charge on any atom is -0.628 e. The van der Waals surface area contributed by atoms with Crippen LogP contribution in [-0.4, -0.2) is 57.7 Å². The number of halogens is 4. The Morgan fingerprint density at radius 1 is 1.06 bits per heavy atom. The lowest BCUT2D eigenvalue weighted by molar-refractivity contribution is -0.778. The molecule has 7 nitrogen and oxygen atoms in total. The molecule has 2 heterocycles. The van der Waals surface area contributed by atoms with Gasteiger partial charge in [0.25, 0.3) is 0 Å². The molecule has 0 radical (unpaired) electrons. The molecule has 0 aliphatic carbocycles. The zero-order chi connectivity index (χ0) is 25.9. The third-order valence-electron chi connectivity index (χ3n) is 5.90. The smallest absolute Gasteiger partial charge is 0.226 e. The van der Waals surface area contributed by atoms with Crippen LogP contribution in [0.4, 0.5) is 14.6 Å². The summed E-state index contributed by atoms with van der Waals surface area (Å²) in [6.07, 6.45) is 1.15. The number of quaternary nitrogens is 1. The van der Waals surface area contributed by atoms with Crippen molar-refractivity contribution in [2.24, 2.45) is 0 Å². The van der Waals surface area contributed by atoms with Crippen molar-refractivity contribution in [2.75, 3.05) is 39.4 Å². The predicted octanol–water partition coefficient (Wildman–Crippen LogP) is 3.58. The van der Waals surface area contributed by atoms with E-state index in [-0.39, 0.29) is 32.9 Å². The summed E-state index contributed by atoms with van der Waals surface area (Å²) >= 11 is 12.3. The molecule has 0 amide bonds. The van der Waals surface area contributed by atoms with Gasteiger partial charge in [-0.3, -0.25) is 4.90 Å². The number of pyridine rings is 1. The molecule has 2 unspecified atom stereocenters. The number of ether oxygens (including phenoxy) is 1. The number of hydrogen-bond donors (Lipinski definition) is 1. The number of sulfone groups is 1. The van der Waals surface area contributed by atoms with Crippen LogP contribution >= 0.6 is 23.2 Å². The topological polar surface area (TPSA) is 87.0 Å². The van der Waals surface area contributed by atoms with Crippen LogP contribution in [0.3, 0.4) is 0 Å². The van der Waals surface area contributed by atoms with Crippen molar-refractivity contribution in [2.45, 2.75) is 10.1 Å². The van der Waals surface area contributed by atoms with Crippen LogP contribution < -0.4 is 5.06 Å². The first-order valence-corrected chi connectivity index (χ1v) is 13.4. The lowest BCUT2D eigenvalue weighted by atomic mass is 10.0. The van der Waals surface area contributed by atoms with Gasteiger partial charge in [0.1, 0.15) is 16.9 Å². The largest absolute Gasteiger partial charge is 0.628 e. The van der Waals surface area contributed by atoms with Crippen LogP contribution in [0.15, 0.2) is 59.6 Å². The lowest BCUT2D eigenvalue weighted by Crippen LogP contribution is -3.03. The first-order chi connectivity index (χ1) is 17.2. The maximum atomic E-state index is 14.9. The van der Waals surface area contributed by atoms with Crippen molar-refractivity contribution in [3.05, 3.63) is 92.7 Å². The second-order valence-electron chi connectivity index (χ2n) is 8.26. The molecule has 0 spiro atoms. The molecule has 4 rings (SSSR count). The number of hydroxylamine groups is 1. The van der Waals surface area contributed by atoms with Gasteiger partial charge >= 0.3 is 0 Å². The van der Waals surface area contributed by atoms with E-state index in [1.807, 2.05) is 0 Å². The normalized spacial score (nSPS) is 16.6. The summed E-state index contributed by atoms with van der Waals surface area (Å²) in [6.45, 7) is 3.19. The predicted molar refractivity (Wildman–Crippen MR) is 132 cm³/mol. The van der Waals surface area contributed by atoms with Crippen molar-refractivity contribution < 1.29 is 27.0 Å². The maximum Gasteiger partial charge on any atom is 0.226 e. The van der Waals surface area contributed by atoms with Crippen molar-refractivity contribution in [1.82, 2.24) is 9.88 Å². The van der Waals surface area contributed by atoms with E-state index < -0.39 is 32.3 Å². The Balaban J connectivity index is 1.76. The third-order valence-corrected chi connectivity index (χ3v) is 8.53. The molecule has 1 N–H and O–H groups in total. The molecule has 12 heteroatoms. The van der Waals surface area contributed by atoms with Gasteiger partial charge in [0.2, 0.25) is 5.82 Å². The minimum atomic E-state index is -4.37. The van der Waals surface area contributed by atoms with Crippen LogP contribution in [0.5, 0.6) is 0 Å². The molecular weight excluding hydrogens is 535 g/mol. The monoisotopic (exact) mass is 557 g/mol. The number of morpholine rings is 1. The molecule has 0 saturated carbocycles. The summed E-state index contributed by atoms with van der Waals surface area (Å²) in [4.78, 5) is 5.99. The standard InChI is InChI=1S/C24H23Cl2F2N3O4S/c25-16-1-4-18(5-2-16)36(33,34)24(20-13-17(27)3-6-22(20)28)19-14-23(29-15-21(19)26)31(32)8-7-30-9-11-35-12-10-30/h1-6,13-15,24,31H,7-12H2. The second kappa shape index (κ2) is 11.5. The summed E-state index contributed by atoms with van der Waals surface area (Å²) in [6, 6.07) is 9.08. The average molecular weight is 558 g/mol. The van der Waals surface area contributed by atoms with Crippen molar-refractivity contribution >= 4 is 38.9 Å². The summed E-state index contributed by atoms with van der Waals surface area (Å²) in [7, 11) is -4.37. The Morgan fingerprint density at radius 3 is 2.44 bits per heavy atom. The highest BCUT2D eigenvalue weighted by atomic mass is 35.5. The fourth-order valence-corrected chi connectivity index (χ4v) is 6.23. The van der Waals surface area contributed by atoms with Crippen LogP contribution in [0.1, 0.15) is 16.4 Å². The van der Waals surface area contributed by atoms with Crippen LogP contribution in [0.25, 0.3) is 0 Å². The molecule has 36 heavy (non-hydrogen) atoms. The zero-order valence-corrected chi connectivity index (χ0v) is 21.3. The van der Waals surface area contributed by atoms with Gasteiger partial charge in [-0.15, -0.1) is 0 Å². The van der Waals surface area contributed by atoms with Gasteiger partial charge in [-0.2, -0.15) is 0 Å². The Labute approximate surface area is 217 Å². The average Bonchev–Trinajstić information content (AvgIpc) is 2.86. The molecule has 1 saturated heterocycles. The summed E-state index contributed by atoms with van der Waals surface area (Å²) in [5, 5.41) is 11.1. The van der Waals surface area contributed by atoms with Crippen molar-refractivity contribution in [1.29, 1.82) is 0 Å². The van der Waals surface area contributed by atoms with Gasteiger partial charge in [-0.05, 0) is 42.5 Å². The van der Waals surface area contributed by atoms with Gasteiger partial charge in [-0.25, -0.2) is 22.2 Å². The van der Waals surface area contributed by atoms with E-state index in [0.717, 1.165) is 24.4 Å². The highest BCUT2D eigenvalue weighted by Crippen LogP contribution is 2.40. The van der Waals surface area contributed by atoms with Crippen LogP contribution in [-0.2, 0) is 14.6 Å². The summed E-state index contributed by atoms with van der Waals surface area (Å²) in [5.74, 6) is -1.78. The Kier molecular flexibility index (Phi) is 8.56. The van der Waals surface area contributed by atoms with E-state index in [9.17, 15) is 22.4 Å². The summed E-state index contributed by atoms with van der Waals surface area (Å²) < 4.78 is 61.9. The number of aromatic nitrogens is 1. The lowest BCUT2D eigenvalue weighted by Gasteiger charge is -2.29. The van der Waals surface area contributed by atoms with Gasteiger partial charge in [-0.1, -0.05) is 23.2 Å². The zero-order valence-electron chi connectivity index (χ0n) is 19.0. The third kappa shape index (κ3) is 6.03. The number of hydrogen-bond acceptors (Lipinski definition) is 6. The molecule has 3 aromatic rings. The van der Waals surface area contributed by atoms with E-state index in [0.29, 0.717) is 37.9 Å². The molecule has 2 aromatic carbocycles. The first-order valence-electron chi connectivity index (χ1n) is 11.1. The quantitative estimate of drug-likeness (QED) is 0.426. The molecule has 2 atom stereocenters. The Bertz CT molecular complexity index is 1320. The number of rotatable bonds is 8. The molecule has 1 aromatic heterocycles. The molecule has 1 fully saturated rings. The summed E-state index contributed by atoms with van der Waals surface area (Å²) in [5.41, 5.74) is -0.523. The number of nitrogens with zero attached hydrogens (tertiary/aromatic N) is 2. The highest BCUT2D eigenvalue weighted by Gasteiger charge is 2.35. The van der Waals surface area contributed by atoms with E-state index in [1.54, 1.807) is 0 Å². The molecule has 1 aliphatic heterocycles. The first kappa shape index (κ1) is 26.9. The minimum absolute atomic E-state index is 0.0178. The van der Waals surface area contributed by atoms with Gasteiger partial charge < -0.3 is 15.0 Å².